The standard InChI is InChI=1S/C23H19N5O5/c1-32-15-9-7-14(8-10-15)25-22(30)17-11-13-5-3-4-6-16(13)19(20(17)29)26-28-21-18(12-24-27-21)23(31)33-2/h3-12,29H,1-2H3,(H,24,27)(H,25,30). The molecule has 0 unspecified atom stereocenters. The van der Waals surface area contributed by atoms with Gasteiger partial charge in [0.1, 0.15) is 17.0 Å². The predicted molar refractivity (Wildman–Crippen MR) is 121 cm³/mol. The zero-order chi connectivity index (χ0) is 23.4. The molecule has 0 aliphatic heterocycles. The number of anilines is 1. The van der Waals surface area contributed by atoms with Gasteiger partial charge in [-0.1, -0.05) is 24.3 Å². The van der Waals surface area contributed by atoms with E-state index in [-0.39, 0.29) is 28.4 Å². The maximum atomic E-state index is 12.9. The van der Waals surface area contributed by atoms with E-state index in [9.17, 15) is 14.7 Å². The number of fused-ring (bicyclic) bond motifs is 1. The van der Waals surface area contributed by atoms with Crippen molar-refractivity contribution in [1.29, 1.82) is 0 Å². The van der Waals surface area contributed by atoms with E-state index in [0.717, 1.165) is 0 Å². The van der Waals surface area contributed by atoms with E-state index in [1.807, 2.05) is 0 Å². The van der Waals surface area contributed by atoms with E-state index >= 15 is 0 Å². The van der Waals surface area contributed by atoms with E-state index < -0.39 is 11.9 Å². The van der Waals surface area contributed by atoms with E-state index in [1.165, 1.54) is 13.3 Å². The summed E-state index contributed by atoms with van der Waals surface area (Å²) >= 11 is 0. The zero-order valence-corrected chi connectivity index (χ0v) is 17.7. The molecule has 0 atom stereocenters. The Morgan fingerprint density at radius 3 is 2.52 bits per heavy atom. The van der Waals surface area contributed by atoms with Crippen LogP contribution in [0.2, 0.25) is 0 Å². The first-order valence-electron chi connectivity index (χ1n) is 9.75. The molecule has 0 radical (unpaired) electrons. The summed E-state index contributed by atoms with van der Waals surface area (Å²) in [5.41, 5.74) is 0.685. The Hall–Kier alpha value is -4.73. The van der Waals surface area contributed by atoms with Crippen LogP contribution in [0, 0.1) is 0 Å². The second-order valence-corrected chi connectivity index (χ2v) is 6.85. The number of aromatic nitrogens is 2. The van der Waals surface area contributed by atoms with Gasteiger partial charge in [-0.15, -0.1) is 10.2 Å². The van der Waals surface area contributed by atoms with Crippen molar-refractivity contribution in [3.63, 3.8) is 0 Å². The molecule has 1 heterocycles. The number of benzene rings is 3. The molecule has 0 bridgehead atoms. The molecule has 0 spiro atoms. The first-order chi connectivity index (χ1) is 16.0. The van der Waals surface area contributed by atoms with Gasteiger partial charge < -0.3 is 19.9 Å². The van der Waals surface area contributed by atoms with Crippen molar-refractivity contribution in [2.75, 3.05) is 19.5 Å². The van der Waals surface area contributed by atoms with Crippen LogP contribution in [0.4, 0.5) is 17.2 Å². The summed E-state index contributed by atoms with van der Waals surface area (Å²) in [6.07, 6.45) is 1.26. The zero-order valence-electron chi connectivity index (χ0n) is 17.7. The number of hydrogen-bond donors (Lipinski definition) is 3. The number of amides is 1. The molecular formula is C23H19N5O5. The Balaban J connectivity index is 1.74. The van der Waals surface area contributed by atoms with Gasteiger partial charge in [-0.25, -0.2) is 4.79 Å². The first kappa shape index (κ1) is 21.5. The molecule has 33 heavy (non-hydrogen) atoms. The van der Waals surface area contributed by atoms with Crippen LogP contribution < -0.4 is 10.1 Å². The van der Waals surface area contributed by atoms with Gasteiger partial charge in [-0.3, -0.25) is 9.89 Å². The van der Waals surface area contributed by atoms with Gasteiger partial charge in [0.2, 0.25) is 0 Å². The summed E-state index contributed by atoms with van der Waals surface area (Å²) in [6, 6.07) is 15.4. The van der Waals surface area contributed by atoms with Crippen LogP contribution in [0.15, 0.2) is 71.0 Å². The lowest BCUT2D eigenvalue weighted by molar-refractivity contribution is 0.0601. The summed E-state index contributed by atoms with van der Waals surface area (Å²) in [6.45, 7) is 0. The second kappa shape index (κ2) is 9.18. The number of phenols is 1. The fourth-order valence-electron chi connectivity index (χ4n) is 3.18. The molecule has 1 amide bonds. The highest BCUT2D eigenvalue weighted by atomic mass is 16.5. The lowest BCUT2D eigenvalue weighted by atomic mass is 10.0. The van der Waals surface area contributed by atoms with Crippen LogP contribution in [-0.4, -0.2) is 41.4 Å². The van der Waals surface area contributed by atoms with Gasteiger partial charge in [0, 0.05) is 11.1 Å². The molecular weight excluding hydrogens is 426 g/mol. The number of aromatic hydroxyl groups is 1. The fraction of sp³-hybridized carbons (Fsp3) is 0.0870. The number of hydrogen-bond acceptors (Lipinski definition) is 8. The van der Waals surface area contributed by atoms with Crippen molar-refractivity contribution in [1.82, 2.24) is 10.2 Å². The third-order valence-corrected chi connectivity index (χ3v) is 4.86. The van der Waals surface area contributed by atoms with Crippen LogP contribution in [0.3, 0.4) is 0 Å². The topological polar surface area (TPSA) is 138 Å². The molecule has 4 aromatic rings. The van der Waals surface area contributed by atoms with Crippen LogP contribution in [0.25, 0.3) is 10.8 Å². The van der Waals surface area contributed by atoms with Gasteiger partial charge in [-0.2, -0.15) is 5.10 Å². The highest BCUT2D eigenvalue weighted by molar-refractivity contribution is 6.11. The Morgan fingerprint density at radius 2 is 1.79 bits per heavy atom. The summed E-state index contributed by atoms with van der Waals surface area (Å²) in [4.78, 5) is 24.8. The van der Waals surface area contributed by atoms with Crippen molar-refractivity contribution >= 4 is 39.8 Å². The monoisotopic (exact) mass is 445 g/mol. The van der Waals surface area contributed by atoms with E-state index in [1.54, 1.807) is 61.7 Å². The third-order valence-electron chi connectivity index (χ3n) is 4.86. The lowest BCUT2D eigenvalue weighted by Crippen LogP contribution is -2.12. The van der Waals surface area contributed by atoms with Crippen molar-refractivity contribution in [3.8, 4) is 11.5 Å². The molecule has 3 aromatic carbocycles. The Labute approximate surface area is 187 Å². The molecule has 0 saturated heterocycles. The third kappa shape index (κ3) is 4.35. The molecule has 0 saturated carbocycles. The number of H-pyrrole nitrogens is 1. The number of rotatable bonds is 6. The first-order valence-corrected chi connectivity index (χ1v) is 9.75. The number of nitrogens with one attached hydrogen (secondary N) is 2. The maximum Gasteiger partial charge on any atom is 0.343 e. The highest BCUT2D eigenvalue weighted by Gasteiger charge is 2.19. The highest BCUT2D eigenvalue weighted by Crippen LogP contribution is 2.39. The largest absolute Gasteiger partial charge is 0.505 e. The van der Waals surface area contributed by atoms with E-state index in [0.29, 0.717) is 22.2 Å². The average molecular weight is 445 g/mol. The van der Waals surface area contributed by atoms with Crippen molar-refractivity contribution < 1.29 is 24.2 Å². The number of aromatic amines is 1. The van der Waals surface area contributed by atoms with Crippen LogP contribution >= 0.6 is 0 Å². The normalized spacial score (nSPS) is 11.0. The number of carbonyl (C=O) groups is 2. The molecule has 10 nitrogen and oxygen atoms in total. The number of carbonyl (C=O) groups excluding carboxylic acids is 2. The molecule has 1 aromatic heterocycles. The SMILES string of the molecule is COC(=O)c1cn[nH]c1N=Nc1c(O)c(C(=O)Nc2ccc(OC)cc2)cc2ccccc12. The molecule has 0 aliphatic carbocycles. The van der Waals surface area contributed by atoms with Crippen molar-refractivity contribution in [2.24, 2.45) is 10.2 Å². The molecule has 3 N–H and O–H groups in total. The number of azo groups is 1. The van der Waals surface area contributed by atoms with E-state index in [4.69, 9.17) is 9.47 Å². The minimum Gasteiger partial charge on any atom is -0.505 e. The minimum absolute atomic E-state index is 0.0104. The van der Waals surface area contributed by atoms with Gasteiger partial charge >= 0.3 is 5.97 Å². The number of ether oxygens (including phenoxy) is 2. The number of nitrogens with zero attached hydrogens (tertiary/aromatic N) is 3. The number of methoxy groups -OCH3 is 2. The van der Waals surface area contributed by atoms with Crippen LogP contribution in [0.5, 0.6) is 11.5 Å². The summed E-state index contributed by atoms with van der Waals surface area (Å²) in [5.74, 6) is -0.827. The van der Waals surface area contributed by atoms with Crippen molar-refractivity contribution in [2.45, 2.75) is 0 Å². The lowest BCUT2D eigenvalue weighted by Gasteiger charge is -2.11. The van der Waals surface area contributed by atoms with Gasteiger partial charge in [-0.05, 0) is 35.7 Å². The molecule has 4 rings (SSSR count). The van der Waals surface area contributed by atoms with E-state index in [2.05, 4.69) is 25.7 Å². The Kier molecular flexibility index (Phi) is 5.98. The number of phenolic OH excluding ortho intramolecular Hbond substituents is 1. The predicted octanol–water partition coefficient (Wildman–Crippen LogP) is 4.73. The number of esters is 1. The van der Waals surface area contributed by atoms with Crippen LogP contribution in [0.1, 0.15) is 20.7 Å². The summed E-state index contributed by atoms with van der Waals surface area (Å²) in [5, 5.41) is 29.4. The van der Waals surface area contributed by atoms with Crippen molar-refractivity contribution in [3.05, 3.63) is 71.9 Å². The Morgan fingerprint density at radius 1 is 1.03 bits per heavy atom. The van der Waals surface area contributed by atoms with Gasteiger partial charge in [0.25, 0.3) is 5.91 Å². The molecule has 0 fully saturated rings. The molecule has 10 heteroatoms. The smallest absolute Gasteiger partial charge is 0.343 e. The minimum atomic E-state index is -0.639. The molecule has 166 valence electrons. The fourth-order valence-corrected chi connectivity index (χ4v) is 3.18. The second-order valence-electron chi connectivity index (χ2n) is 6.85. The maximum absolute atomic E-state index is 12.9. The van der Waals surface area contributed by atoms with Gasteiger partial charge in [0.05, 0.1) is 26.0 Å². The Bertz CT molecular complexity index is 1360. The average Bonchev–Trinajstić information content (AvgIpc) is 3.31. The van der Waals surface area contributed by atoms with Crippen LogP contribution in [-0.2, 0) is 4.74 Å². The quantitative estimate of drug-likeness (QED) is 0.290. The van der Waals surface area contributed by atoms with Gasteiger partial charge in [0.15, 0.2) is 11.6 Å². The summed E-state index contributed by atoms with van der Waals surface area (Å²) in [7, 11) is 2.79. The summed E-state index contributed by atoms with van der Waals surface area (Å²) < 4.78 is 9.81. The molecule has 0 aliphatic rings.